The predicted molar refractivity (Wildman–Crippen MR) is 110 cm³/mol. The van der Waals surface area contributed by atoms with E-state index in [9.17, 15) is 18.0 Å². The fourth-order valence-corrected chi connectivity index (χ4v) is 3.31. The summed E-state index contributed by atoms with van der Waals surface area (Å²) in [5.41, 5.74) is 0.911. The molecule has 0 aliphatic rings. The van der Waals surface area contributed by atoms with Crippen molar-refractivity contribution in [2.45, 2.75) is 4.90 Å². The van der Waals surface area contributed by atoms with E-state index in [2.05, 4.69) is 15.4 Å². The molecule has 0 atom stereocenters. The minimum absolute atomic E-state index is 0.105. The largest absolute Gasteiger partial charge is 0.495 e. The lowest BCUT2D eigenvalue weighted by Crippen LogP contribution is -2.20. The number of hydrogen-bond acceptors (Lipinski definition) is 7. The van der Waals surface area contributed by atoms with Crippen LogP contribution in [-0.2, 0) is 19.5 Å². The number of anilines is 2. The van der Waals surface area contributed by atoms with Crippen molar-refractivity contribution in [2.24, 2.45) is 0 Å². The highest BCUT2D eigenvalue weighted by Crippen LogP contribution is 2.25. The third-order valence-corrected chi connectivity index (χ3v) is 5.31. The SMILES string of the molecule is CNS(=O)(=O)c1cc(C(=O)Nc2cccc(NC(=O)OCCOC)c2)ccc1OC. The number of carbonyl (C=O) groups excluding carboxylic acids is 2. The second-order valence-electron chi connectivity index (χ2n) is 5.86. The van der Waals surface area contributed by atoms with E-state index in [-0.39, 0.29) is 29.4 Å². The van der Waals surface area contributed by atoms with Gasteiger partial charge in [0.05, 0.1) is 13.7 Å². The molecule has 0 fully saturated rings. The van der Waals surface area contributed by atoms with Gasteiger partial charge in [0.2, 0.25) is 10.0 Å². The van der Waals surface area contributed by atoms with Crippen molar-refractivity contribution in [1.29, 1.82) is 0 Å². The number of carbonyl (C=O) groups is 2. The summed E-state index contributed by atoms with van der Waals surface area (Å²) in [7, 11) is 0.268. The molecule has 10 nitrogen and oxygen atoms in total. The predicted octanol–water partition coefficient (Wildman–Crippen LogP) is 2.05. The molecule has 0 bridgehead atoms. The summed E-state index contributed by atoms with van der Waals surface area (Å²) in [6.07, 6.45) is -0.660. The first-order valence-corrected chi connectivity index (χ1v) is 10.2. The van der Waals surface area contributed by atoms with E-state index in [1.54, 1.807) is 18.2 Å². The van der Waals surface area contributed by atoms with E-state index in [0.717, 1.165) is 0 Å². The Bertz CT molecular complexity index is 1010. The smallest absolute Gasteiger partial charge is 0.411 e. The summed E-state index contributed by atoms with van der Waals surface area (Å²) >= 11 is 0. The van der Waals surface area contributed by atoms with Crippen molar-refractivity contribution in [3.63, 3.8) is 0 Å². The number of methoxy groups -OCH3 is 2. The van der Waals surface area contributed by atoms with Gasteiger partial charge in [-0.1, -0.05) is 6.07 Å². The number of amides is 2. The molecule has 2 amide bonds. The highest BCUT2D eigenvalue weighted by Gasteiger charge is 2.20. The van der Waals surface area contributed by atoms with Crippen LogP contribution < -0.4 is 20.1 Å². The zero-order valence-corrected chi connectivity index (χ0v) is 17.5. The van der Waals surface area contributed by atoms with Crippen molar-refractivity contribution in [2.75, 3.05) is 45.1 Å². The Morgan fingerprint density at radius 1 is 0.967 bits per heavy atom. The third-order valence-electron chi connectivity index (χ3n) is 3.87. The van der Waals surface area contributed by atoms with Gasteiger partial charge in [0, 0.05) is 24.0 Å². The molecule has 0 saturated carbocycles. The van der Waals surface area contributed by atoms with Gasteiger partial charge in [0.15, 0.2) is 0 Å². The molecule has 0 saturated heterocycles. The van der Waals surface area contributed by atoms with Crippen LogP contribution in [0.25, 0.3) is 0 Å². The molecule has 11 heteroatoms. The lowest BCUT2D eigenvalue weighted by molar-refractivity contribution is 0.102. The molecular formula is C19H23N3O7S. The first-order chi connectivity index (χ1) is 14.3. The summed E-state index contributed by atoms with van der Waals surface area (Å²) < 4.78 is 41.3. The van der Waals surface area contributed by atoms with Crippen LogP contribution in [0.4, 0.5) is 16.2 Å². The molecular weight excluding hydrogens is 414 g/mol. The van der Waals surface area contributed by atoms with E-state index in [1.165, 1.54) is 45.5 Å². The summed E-state index contributed by atoms with van der Waals surface area (Å²) in [5, 5.41) is 5.19. The summed E-state index contributed by atoms with van der Waals surface area (Å²) in [5.74, 6) is -0.427. The zero-order valence-electron chi connectivity index (χ0n) is 16.7. The van der Waals surface area contributed by atoms with Crippen molar-refractivity contribution in [1.82, 2.24) is 4.72 Å². The Morgan fingerprint density at radius 2 is 1.67 bits per heavy atom. The topological polar surface area (TPSA) is 132 Å². The molecule has 0 spiro atoms. The number of nitrogens with one attached hydrogen (secondary N) is 3. The minimum atomic E-state index is -3.83. The van der Waals surface area contributed by atoms with Crippen LogP contribution in [0.5, 0.6) is 5.75 Å². The van der Waals surface area contributed by atoms with E-state index in [1.807, 2.05) is 0 Å². The Kier molecular flexibility index (Phi) is 8.16. The van der Waals surface area contributed by atoms with Crippen LogP contribution in [0.1, 0.15) is 10.4 Å². The summed E-state index contributed by atoms with van der Waals surface area (Å²) in [4.78, 5) is 24.1. The fraction of sp³-hybridized carbons (Fsp3) is 0.263. The van der Waals surface area contributed by atoms with Crippen LogP contribution >= 0.6 is 0 Å². The molecule has 2 rings (SSSR count). The second-order valence-corrected chi connectivity index (χ2v) is 7.72. The molecule has 0 aliphatic carbocycles. The Morgan fingerprint density at radius 3 is 2.30 bits per heavy atom. The average Bonchev–Trinajstić information content (AvgIpc) is 2.73. The molecule has 0 heterocycles. The third kappa shape index (κ3) is 6.17. The van der Waals surface area contributed by atoms with Crippen LogP contribution in [0.2, 0.25) is 0 Å². The standard InChI is InChI=1S/C19H23N3O7S/c1-20-30(25,26)17-11-13(7-8-16(17)28-3)18(23)21-14-5-4-6-15(12-14)22-19(24)29-10-9-27-2/h4-8,11-12,20H,9-10H2,1-3H3,(H,21,23)(H,22,24). The fourth-order valence-electron chi connectivity index (χ4n) is 2.39. The van der Waals surface area contributed by atoms with Gasteiger partial charge < -0.3 is 19.5 Å². The lowest BCUT2D eigenvalue weighted by Gasteiger charge is -2.12. The maximum atomic E-state index is 12.6. The highest BCUT2D eigenvalue weighted by atomic mass is 32.2. The zero-order chi connectivity index (χ0) is 22.1. The quantitative estimate of drug-likeness (QED) is 0.512. The number of benzene rings is 2. The summed E-state index contributed by atoms with van der Waals surface area (Å²) in [6, 6.07) is 10.5. The first kappa shape index (κ1) is 23.1. The van der Waals surface area contributed by atoms with Gasteiger partial charge in [-0.3, -0.25) is 10.1 Å². The Labute approximate surface area is 174 Å². The maximum Gasteiger partial charge on any atom is 0.411 e. The van der Waals surface area contributed by atoms with Crippen LogP contribution in [0, 0.1) is 0 Å². The molecule has 0 aliphatic heterocycles. The van der Waals surface area contributed by atoms with Crippen LogP contribution in [0.3, 0.4) is 0 Å². The van der Waals surface area contributed by atoms with E-state index in [0.29, 0.717) is 11.4 Å². The van der Waals surface area contributed by atoms with Gasteiger partial charge in [-0.2, -0.15) is 0 Å². The first-order valence-electron chi connectivity index (χ1n) is 8.76. The van der Waals surface area contributed by atoms with Crippen LogP contribution in [-0.4, -0.2) is 54.9 Å². The molecule has 3 N–H and O–H groups in total. The lowest BCUT2D eigenvalue weighted by atomic mass is 10.2. The van der Waals surface area contributed by atoms with Crippen molar-refractivity contribution >= 4 is 33.4 Å². The highest BCUT2D eigenvalue weighted by molar-refractivity contribution is 7.89. The Balaban J connectivity index is 2.15. The molecule has 2 aromatic rings. The number of rotatable bonds is 9. The van der Waals surface area contributed by atoms with Gasteiger partial charge in [-0.05, 0) is 43.4 Å². The minimum Gasteiger partial charge on any atom is -0.495 e. The monoisotopic (exact) mass is 437 g/mol. The summed E-state index contributed by atoms with van der Waals surface area (Å²) in [6.45, 7) is 0.380. The molecule has 30 heavy (non-hydrogen) atoms. The van der Waals surface area contributed by atoms with Gasteiger partial charge in [-0.15, -0.1) is 0 Å². The van der Waals surface area contributed by atoms with Crippen molar-refractivity contribution in [3.8, 4) is 5.75 Å². The molecule has 2 aromatic carbocycles. The van der Waals surface area contributed by atoms with Gasteiger partial charge in [0.1, 0.15) is 17.3 Å². The van der Waals surface area contributed by atoms with Gasteiger partial charge in [0.25, 0.3) is 5.91 Å². The van der Waals surface area contributed by atoms with Gasteiger partial charge >= 0.3 is 6.09 Å². The van der Waals surface area contributed by atoms with E-state index >= 15 is 0 Å². The van der Waals surface area contributed by atoms with Crippen molar-refractivity contribution < 1.29 is 32.2 Å². The number of ether oxygens (including phenoxy) is 3. The number of hydrogen-bond donors (Lipinski definition) is 3. The number of sulfonamides is 1. The van der Waals surface area contributed by atoms with E-state index < -0.39 is 22.0 Å². The maximum absolute atomic E-state index is 12.6. The van der Waals surface area contributed by atoms with Gasteiger partial charge in [-0.25, -0.2) is 17.9 Å². The normalized spacial score (nSPS) is 10.9. The van der Waals surface area contributed by atoms with Crippen molar-refractivity contribution in [3.05, 3.63) is 48.0 Å². The van der Waals surface area contributed by atoms with Crippen LogP contribution in [0.15, 0.2) is 47.4 Å². The molecule has 0 unspecified atom stereocenters. The molecule has 0 radical (unpaired) electrons. The molecule has 0 aromatic heterocycles. The molecule has 162 valence electrons. The average molecular weight is 437 g/mol. The van der Waals surface area contributed by atoms with E-state index in [4.69, 9.17) is 14.2 Å². The Hall–Kier alpha value is -3.15. The second kappa shape index (κ2) is 10.6.